The number of aromatic nitrogens is 4. The van der Waals surface area contributed by atoms with E-state index < -0.39 is 23.8 Å². The van der Waals surface area contributed by atoms with E-state index in [2.05, 4.69) is 26.8 Å². The Morgan fingerprint density at radius 2 is 1.97 bits per heavy atom. The van der Waals surface area contributed by atoms with Crippen molar-refractivity contribution in [1.82, 2.24) is 19.5 Å². The normalized spacial score (nSPS) is 16.9. The zero-order valence-corrected chi connectivity index (χ0v) is 17.7. The Morgan fingerprint density at radius 1 is 1.26 bits per heavy atom. The predicted octanol–water partition coefficient (Wildman–Crippen LogP) is 1.95. The molecular formula is C21H23ClFN5O3. The molecule has 1 saturated carbocycles. The fourth-order valence-electron chi connectivity index (χ4n) is 3.64. The summed E-state index contributed by atoms with van der Waals surface area (Å²) in [4.78, 5) is 12.9. The van der Waals surface area contributed by atoms with Gasteiger partial charge in [-0.3, -0.25) is 4.57 Å². The number of nitrogens with zero attached hydrogens (tertiary/aromatic N) is 4. The van der Waals surface area contributed by atoms with Crippen LogP contribution in [-0.2, 0) is 5.72 Å². The van der Waals surface area contributed by atoms with Gasteiger partial charge in [0.05, 0.1) is 6.61 Å². The van der Waals surface area contributed by atoms with Gasteiger partial charge in [0.2, 0.25) is 5.82 Å². The zero-order valence-electron chi connectivity index (χ0n) is 16.8. The number of nitrogen functional groups attached to an aromatic ring is 1. The van der Waals surface area contributed by atoms with Gasteiger partial charge in [0.1, 0.15) is 17.2 Å². The Kier molecular flexibility index (Phi) is 6.21. The highest BCUT2D eigenvalue weighted by atomic mass is 35.5. The molecule has 0 radical (unpaired) electrons. The zero-order chi connectivity index (χ0) is 21.5. The standard InChI is InChI=1S/C21H22FN5O3.ClH/c1-20(29,12-28)27-18(13-5-4-6-14(22)11-13)26-16-17(23)24-15(25-19(16)27)7-10-21(30)8-2-3-9-21;/h4-6,11,28-30H,2-3,8-9,12H2,1H3,(H2,23,24,25);1H. The van der Waals surface area contributed by atoms with Gasteiger partial charge in [-0.05, 0) is 50.7 Å². The lowest BCUT2D eigenvalue weighted by Gasteiger charge is -2.25. The number of halogens is 2. The lowest BCUT2D eigenvalue weighted by atomic mass is 10.0. The van der Waals surface area contributed by atoms with Crippen LogP contribution in [0.5, 0.6) is 0 Å². The van der Waals surface area contributed by atoms with Crippen LogP contribution in [0.2, 0.25) is 0 Å². The van der Waals surface area contributed by atoms with Crippen molar-refractivity contribution in [2.45, 2.75) is 43.9 Å². The number of benzene rings is 1. The largest absolute Gasteiger partial charge is 0.391 e. The molecule has 5 N–H and O–H groups in total. The number of hydrogen-bond acceptors (Lipinski definition) is 7. The number of imidazole rings is 1. The molecule has 0 amide bonds. The van der Waals surface area contributed by atoms with Crippen LogP contribution in [0.25, 0.3) is 22.6 Å². The molecule has 0 spiro atoms. The van der Waals surface area contributed by atoms with Crippen molar-refractivity contribution in [2.75, 3.05) is 12.3 Å². The van der Waals surface area contributed by atoms with E-state index in [1.807, 2.05) is 0 Å². The third-order valence-electron chi connectivity index (χ3n) is 5.24. The minimum absolute atomic E-state index is 0. The van der Waals surface area contributed by atoms with Crippen molar-refractivity contribution in [3.8, 4) is 23.2 Å². The number of hydrogen-bond donors (Lipinski definition) is 4. The lowest BCUT2D eigenvalue weighted by molar-refractivity contribution is -0.0609. The summed E-state index contributed by atoms with van der Waals surface area (Å²) >= 11 is 0. The van der Waals surface area contributed by atoms with Gasteiger partial charge in [-0.25, -0.2) is 19.3 Å². The van der Waals surface area contributed by atoms with Crippen molar-refractivity contribution in [3.05, 3.63) is 35.9 Å². The van der Waals surface area contributed by atoms with Crippen LogP contribution < -0.4 is 5.73 Å². The van der Waals surface area contributed by atoms with Crippen LogP contribution in [0.4, 0.5) is 10.2 Å². The summed E-state index contributed by atoms with van der Waals surface area (Å²) < 4.78 is 15.1. The average Bonchev–Trinajstić information content (AvgIpc) is 3.31. The first-order chi connectivity index (χ1) is 14.2. The number of nitrogens with two attached hydrogens (primary N) is 1. The van der Waals surface area contributed by atoms with Crippen molar-refractivity contribution < 1.29 is 19.7 Å². The summed E-state index contributed by atoms with van der Waals surface area (Å²) in [6.07, 6.45) is 2.96. The van der Waals surface area contributed by atoms with E-state index >= 15 is 0 Å². The second-order valence-electron chi connectivity index (χ2n) is 7.75. The summed E-state index contributed by atoms with van der Waals surface area (Å²) in [7, 11) is 0. The third-order valence-corrected chi connectivity index (χ3v) is 5.24. The first-order valence-corrected chi connectivity index (χ1v) is 9.64. The SMILES string of the molecule is CC(O)(CO)n1c(-c2cccc(F)c2)nc2c(N)nc(C#CC3(O)CCCC3)nc21.Cl. The molecule has 0 bridgehead atoms. The third kappa shape index (κ3) is 4.34. The van der Waals surface area contributed by atoms with Gasteiger partial charge in [0, 0.05) is 5.56 Å². The molecule has 3 aromatic rings. The van der Waals surface area contributed by atoms with Gasteiger partial charge >= 0.3 is 0 Å². The highest BCUT2D eigenvalue weighted by molar-refractivity contribution is 5.86. The van der Waals surface area contributed by atoms with E-state index in [1.165, 1.54) is 29.7 Å². The summed E-state index contributed by atoms with van der Waals surface area (Å²) in [5.41, 5.74) is 3.90. The minimum Gasteiger partial charge on any atom is -0.391 e. The maximum atomic E-state index is 13.8. The van der Waals surface area contributed by atoms with Gasteiger partial charge < -0.3 is 21.1 Å². The topological polar surface area (TPSA) is 130 Å². The molecule has 10 heteroatoms. The van der Waals surface area contributed by atoms with E-state index in [4.69, 9.17) is 5.73 Å². The molecule has 1 aromatic carbocycles. The molecule has 1 fully saturated rings. The number of anilines is 1. The van der Waals surface area contributed by atoms with Gasteiger partial charge in [0.15, 0.2) is 22.7 Å². The number of aliphatic hydroxyl groups is 3. The lowest BCUT2D eigenvalue weighted by Crippen LogP contribution is -2.34. The van der Waals surface area contributed by atoms with Crippen LogP contribution >= 0.6 is 12.4 Å². The van der Waals surface area contributed by atoms with Crippen LogP contribution in [0, 0.1) is 17.7 Å². The fourth-order valence-corrected chi connectivity index (χ4v) is 3.64. The molecule has 31 heavy (non-hydrogen) atoms. The van der Waals surface area contributed by atoms with Crippen LogP contribution in [0.3, 0.4) is 0 Å². The monoisotopic (exact) mass is 447 g/mol. The van der Waals surface area contributed by atoms with Crippen LogP contribution in [0.1, 0.15) is 38.4 Å². The molecule has 1 unspecified atom stereocenters. The smallest absolute Gasteiger partial charge is 0.209 e. The molecule has 1 atom stereocenters. The van der Waals surface area contributed by atoms with Crippen molar-refractivity contribution in [3.63, 3.8) is 0 Å². The molecular weight excluding hydrogens is 425 g/mol. The Balaban J connectivity index is 0.00000272. The Morgan fingerprint density at radius 3 is 2.61 bits per heavy atom. The van der Waals surface area contributed by atoms with Crippen LogP contribution in [-0.4, -0.2) is 47.0 Å². The second kappa shape index (κ2) is 8.40. The first kappa shape index (κ1) is 22.9. The number of fused-ring (bicyclic) bond motifs is 1. The Labute approximate surface area is 184 Å². The summed E-state index contributed by atoms with van der Waals surface area (Å²) in [6, 6.07) is 5.67. The van der Waals surface area contributed by atoms with Crippen molar-refractivity contribution in [1.29, 1.82) is 0 Å². The number of aliphatic hydroxyl groups excluding tert-OH is 1. The molecule has 4 rings (SSSR count). The maximum absolute atomic E-state index is 13.8. The van der Waals surface area contributed by atoms with E-state index in [0.717, 1.165) is 12.8 Å². The Hall–Kier alpha value is -2.77. The summed E-state index contributed by atoms with van der Waals surface area (Å²) in [5, 5.41) is 31.0. The van der Waals surface area contributed by atoms with E-state index in [-0.39, 0.29) is 41.0 Å². The predicted molar refractivity (Wildman–Crippen MR) is 116 cm³/mol. The average molecular weight is 448 g/mol. The highest BCUT2D eigenvalue weighted by Gasteiger charge is 2.31. The highest BCUT2D eigenvalue weighted by Crippen LogP contribution is 2.32. The molecule has 2 aromatic heterocycles. The van der Waals surface area contributed by atoms with Crippen molar-refractivity contribution in [2.24, 2.45) is 0 Å². The molecule has 0 aliphatic heterocycles. The van der Waals surface area contributed by atoms with Gasteiger partial charge in [0.25, 0.3) is 0 Å². The summed E-state index contributed by atoms with van der Waals surface area (Å²) in [5.74, 6) is 5.35. The van der Waals surface area contributed by atoms with Crippen molar-refractivity contribution >= 4 is 29.4 Å². The molecule has 8 nitrogen and oxygen atoms in total. The molecule has 164 valence electrons. The maximum Gasteiger partial charge on any atom is 0.209 e. The van der Waals surface area contributed by atoms with E-state index in [1.54, 1.807) is 6.07 Å². The summed E-state index contributed by atoms with van der Waals surface area (Å²) in [6.45, 7) is 0.729. The molecule has 0 saturated heterocycles. The number of rotatable bonds is 3. The molecule has 1 aliphatic carbocycles. The van der Waals surface area contributed by atoms with Gasteiger partial charge in [-0.1, -0.05) is 18.1 Å². The second-order valence-corrected chi connectivity index (χ2v) is 7.75. The first-order valence-electron chi connectivity index (χ1n) is 9.64. The van der Waals surface area contributed by atoms with Crippen LogP contribution in [0.15, 0.2) is 24.3 Å². The van der Waals surface area contributed by atoms with Gasteiger partial charge in [-0.15, -0.1) is 12.4 Å². The Bertz CT molecular complexity index is 1180. The fraction of sp³-hybridized carbons (Fsp3) is 0.381. The van der Waals surface area contributed by atoms with E-state index in [9.17, 15) is 19.7 Å². The van der Waals surface area contributed by atoms with E-state index in [0.29, 0.717) is 18.4 Å². The molecule has 1 aliphatic rings. The minimum atomic E-state index is -1.80. The molecule has 2 heterocycles. The quantitative estimate of drug-likeness (QED) is 0.451. The van der Waals surface area contributed by atoms with Gasteiger partial charge in [-0.2, -0.15) is 0 Å².